The molecular formula is C21H27F2N3O2. The molecule has 3 aliphatic rings. The molecule has 0 spiro atoms. The number of hydrogen-bond acceptors (Lipinski definition) is 3. The van der Waals surface area contributed by atoms with Gasteiger partial charge in [0.1, 0.15) is 0 Å². The number of likely N-dealkylation sites (tertiary alicyclic amines) is 1. The lowest BCUT2D eigenvalue weighted by molar-refractivity contribution is -0.0558. The summed E-state index contributed by atoms with van der Waals surface area (Å²) in [7, 11) is 0. The number of nitrogens with zero attached hydrogens (tertiary/aromatic N) is 1. The van der Waals surface area contributed by atoms with E-state index in [9.17, 15) is 18.4 Å². The third-order valence-corrected chi connectivity index (χ3v) is 6.70. The number of piperidine rings is 1. The molecule has 0 bridgehead atoms. The molecule has 0 aromatic heterocycles. The second kappa shape index (κ2) is 7.10. The van der Waals surface area contributed by atoms with Crippen LogP contribution in [0.4, 0.5) is 8.78 Å². The number of carbonyl (C=O) groups excluding carboxylic acids is 2. The molecule has 2 amide bonds. The van der Waals surface area contributed by atoms with Gasteiger partial charge in [-0.15, -0.1) is 0 Å². The largest absolute Gasteiger partial charge is 0.366 e. The van der Waals surface area contributed by atoms with Crippen LogP contribution >= 0.6 is 0 Å². The summed E-state index contributed by atoms with van der Waals surface area (Å²) in [6.45, 7) is 3.65. The first-order chi connectivity index (χ1) is 13.2. The number of hydrogen-bond donors (Lipinski definition) is 2. The SMILES string of the molecule is CC1NC(=O)c2c(C(N)=O)cc(C3CCN(C4CCC(F)(F)CC4)CC3)cc21. The van der Waals surface area contributed by atoms with Crippen LogP contribution in [0.3, 0.4) is 0 Å². The molecule has 1 aromatic rings. The highest BCUT2D eigenvalue weighted by molar-refractivity contribution is 6.09. The highest BCUT2D eigenvalue weighted by Crippen LogP contribution is 2.39. The van der Waals surface area contributed by atoms with Gasteiger partial charge in [0.2, 0.25) is 11.8 Å². The van der Waals surface area contributed by atoms with Gasteiger partial charge >= 0.3 is 0 Å². The number of nitrogens with two attached hydrogens (primary N) is 1. The molecule has 4 rings (SSSR count). The highest BCUT2D eigenvalue weighted by Gasteiger charge is 2.38. The predicted molar refractivity (Wildman–Crippen MR) is 102 cm³/mol. The van der Waals surface area contributed by atoms with Crippen molar-refractivity contribution >= 4 is 11.8 Å². The summed E-state index contributed by atoms with van der Waals surface area (Å²) in [5, 5.41) is 2.85. The molecule has 2 fully saturated rings. The normalized spacial score (nSPS) is 26.1. The molecule has 1 unspecified atom stereocenters. The summed E-state index contributed by atoms with van der Waals surface area (Å²) < 4.78 is 26.8. The Bertz CT molecular complexity index is 793. The van der Waals surface area contributed by atoms with Crippen molar-refractivity contribution in [3.63, 3.8) is 0 Å². The molecule has 1 saturated heterocycles. The van der Waals surface area contributed by atoms with Crippen LogP contribution in [0, 0.1) is 0 Å². The van der Waals surface area contributed by atoms with E-state index in [0.717, 1.165) is 37.1 Å². The van der Waals surface area contributed by atoms with Gasteiger partial charge in [-0.2, -0.15) is 0 Å². The lowest BCUT2D eigenvalue weighted by Crippen LogP contribution is -2.44. The van der Waals surface area contributed by atoms with Crippen LogP contribution in [0.5, 0.6) is 0 Å². The van der Waals surface area contributed by atoms with Crippen molar-refractivity contribution in [2.45, 2.75) is 69.4 Å². The number of amides is 2. The van der Waals surface area contributed by atoms with Crippen molar-refractivity contribution in [3.8, 4) is 0 Å². The Balaban J connectivity index is 1.48. The second-order valence-corrected chi connectivity index (χ2v) is 8.49. The van der Waals surface area contributed by atoms with Crippen LogP contribution in [-0.2, 0) is 0 Å². The molecule has 7 heteroatoms. The topological polar surface area (TPSA) is 75.4 Å². The third-order valence-electron chi connectivity index (χ3n) is 6.70. The molecule has 1 saturated carbocycles. The molecule has 1 aromatic carbocycles. The standard InChI is InChI=1S/C21H27F2N3O2/c1-12-16-10-14(11-17(19(24)27)18(16)20(28)25-12)13-4-8-26(9-5-13)15-2-6-21(22,23)7-3-15/h10-13,15H,2-9H2,1H3,(H2,24,27)(H,25,28). The number of benzene rings is 1. The Morgan fingerprint density at radius 2 is 1.82 bits per heavy atom. The van der Waals surface area contributed by atoms with Crippen LogP contribution in [0.15, 0.2) is 12.1 Å². The smallest absolute Gasteiger partial charge is 0.252 e. The zero-order chi connectivity index (χ0) is 20.1. The molecule has 152 valence electrons. The summed E-state index contributed by atoms with van der Waals surface area (Å²) >= 11 is 0. The Hall–Kier alpha value is -2.02. The zero-order valence-corrected chi connectivity index (χ0v) is 16.1. The number of rotatable bonds is 3. The Morgan fingerprint density at radius 3 is 2.43 bits per heavy atom. The minimum Gasteiger partial charge on any atom is -0.366 e. The van der Waals surface area contributed by atoms with Crippen molar-refractivity contribution in [2.24, 2.45) is 5.73 Å². The van der Waals surface area contributed by atoms with Gasteiger partial charge < -0.3 is 16.0 Å². The fourth-order valence-electron chi connectivity index (χ4n) is 5.05. The van der Waals surface area contributed by atoms with Gasteiger partial charge in [-0.05, 0) is 68.8 Å². The van der Waals surface area contributed by atoms with E-state index in [1.54, 1.807) is 6.07 Å². The van der Waals surface area contributed by atoms with Gasteiger partial charge in [-0.1, -0.05) is 6.07 Å². The van der Waals surface area contributed by atoms with Crippen molar-refractivity contribution in [1.29, 1.82) is 0 Å². The van der Waals surface area contributed by atoms with E-state index in [1.165, 1.54) is 0 Å². The van der Waals surface area contributed by atoms with Gasteiger partial charge in [0, 0.05) is 18.9 Å². The lowest BCUT2D eigenvalue weighted by Gasteiger charge is -2.41. The maximum Gasteiger partial charge on any atom is 0.252 e. The summed E-state index contributed by atoms with van der Waals surface area (Å²) in [5.74, 6) is -3.03. The molecule has 2 heterocycles. The zero-order valence-electron chi connectivity index (χ0n) is 16.1. The predicted octanol–water partition coefficient (Wildman–Crippen LogP) is 3.35. The van der Waals surface area contributed by atoms with Gasteiger partial charge in [0.25, 0.3) is 5.91 Å². The van der Waals surface area contributed by atoms with Crippen LogP contribution < -0.4 is 11.1 Å². The molecule has 1 aliphatic carbocycles. The van der Waals surface area contributed by atoms with Gasteiger partial charge in [-0.3, -0.25) is 9.59 Å². The Morgan fingerprint density at radius 1 is 1.18 bits per heavy atom. The fourth-order valence-corrected chi connectivity index (χ4v) is 5.05. The average Bonchev–Trinajstić information content (AvgIpc) is 2.95. The highest BCUT2D eigenvalue weighted by atomic mass is 19.3. The van der Waals surface area contributed by atoms with Crippen molar-refractivity contribution in [2.75, 3.05) is 13.1 Å². The van der Waals surface area contributed by atoms with E-state index in [4.69, 9.17) is 5.73 Å². The molecule has 0 radical (unpaired) electrons. The van der Waals surface area contributed by atoms with E-state index in [2.05, 4.69) is 10.2 Å². The molecular weight excluding hydrogens is 364 g/mol. The summed E-state index contributed by atoms with van der Waals surface area (Å²) in [6, 6.07) is 3.93. The quantitative estimate of drug-likeness (QED) is 0.830. The molecule has 5 nitrogen and oxygen atoms in total. The number of fused-ring (bicyclic) bond motifs is 1. The number of nitrogens with one attached hydrogen (secondary N) is 1. The van der Waals surface area contributed by atoms with Crippen LogP contribution in [0.1, 0.15) is 89.3 Å². The second-order valence-electron chi connectivity index (χ2n) is 8.49. The van der Waals surface area contributed by atoms with Crippen molar-refractivity contribution in [3.05, 3.63) is 34.4 Å². The summed E-state index contributed by atoms with van der Waals surface area (Å²) in [5.41, 5.74) is 8.14. The van der Waals surface area contributed by atoms with Crippen molar-refractivity contribution in [1.82, 2.24) is 10.2 Å². The lowest BCUT2D eigenvalue weighted by atomic mass is 9.83. The molecule has 28 heavy (non-hydrogen) atoms. The summed E-state index contributed by atoms with van der Waals surface area (Å²) in [6.07, 6.45) is 2.94. The molecule has 1 atom stereocenters. The van der Waals surface area contributed by atoms with Crippen LogP contribution in [0.2, 0.25) is 0 Å². The van der Waals surface area contributed by atoms with Gasteiger partial charge in [0.15, 0.2) is 0 Å². The number of carbonyl (C=O) groups is 2. The minimum atomic E-state index is -2.49. The number of primary amides is 1. The number of halogens is 2. The van der Waals surface area contributed by atoms with Crippen LogP contribution in [-0.4, -0.2) is 41.8 Å². The number of alkyl halides is 2. The first kappa shape index (κ1) is 19.3. The van der Waals surface area contributed by atoms with E-state index in [0.29, 0.717) is 24.0 Å². The van der Waals surface area contributed by atoms with E-state index in [-0.39, 0.29) is 36.8 Å². The maximum atomic E-state index is 13.4. The Kier molecular flexibility index (Phi) is 4.89. The third kappa shape index (κ3) is 3.52. The first-order valence-electron chi connectivity index (χ1n) is 10.2. The monoisotopic (exact) mass is 391 g/mol. The fraction of sp³-hybridized carbons (Fsp3) is 0.619. The first-order valence-corrected chi connectivity index (χ1v) is 10.2. The minimum absolute atomic E-state index is 0.0106. The Labute approximate surface area is 163 Å². The van der Waals surface area contributed by atoms with Crippen molar-refractivity contribution < 1.29 is 18.4 Å². The van der Waals surface area contributed by atoms with Gasteiger partial charge in [0.05, 0.1) is 17.2 Å². The molecule has 2 aliphatic heterocycles. The summed E-state index contributed by atoms with van der Waals surface area (Å²) in [4.78, 5) is 26.5. The van der Waals surface area contributed by atoms with E-state index in [1.807, 2.05) is 13.0 Å². The van der Waals surface area contributed by atoms with Gasteiger partial charge in [-0.25, -0.2) is 8.78 Å². The van der Waals surface area contributed by atoms with Crippen LogP contribution in [0.25, 0.3) is 0 Å². The molecule has 3 N–H and O–H groups in total. The maximum absolute atomic E-state index is 13.4. The average molecular weight is 391 g/mol. The van der Waals surface area contributed by atoms with E-state index < -0.39 is 11.8 Å². The van der Waals surface area contributed by atoms with E-state index >= 15 is 0 Å².